The zero-order valence-corrected chi connectivity index (χ0v) is 8.51. The molecule has 0 amide bonds. The second-order valence-corrected chi connectivity index (χ2v) is 3.17. The molecule has 2 rings (SSSR count). The van der Waals surface area contributed by atoms with Crippen LogP contribution in [0.2, 0.25) is 0 Å². The summed E-state index contributed by atoms with van der Waals surface area (Å²) in [6.45, 7) is 3.00. The Kier molecular flexibility index (Phi) is 2.78. The highest BCUT2D eigenvalue weighted by atomic mass is 16.5. The molecular formula is C11H12N2O2. The predicted molar refractivity (Wildman–Crippen MR) is 56.7 cm³/mol. The Balaban J connectivity index is 2.50. The number of nitrogens with zero attached hydrogens (tertiary/aromatic N) is 2. The lowest BCUT2D eigenvalue weighted by Crippen LogP contribution is -2.01. The van der Waals surface area contributed by atoms with Crippen LogP contribution in [0.15, 0.2) is 24.5 Å². The minimum absolute atomic E-state index is 0.428. The molecule has 0 atom stereocenters. The van der Waals surface area contributed by atoms with Crippen molar-refractivity contribution in [1.29, 1.82) is 0 Å². The van der Waals surface area contributed by atoms with Gasteiger partial charge in [0.1, 0.15) is 12.4 Å². The van der Waals surface area contributed by atoms with Gasteiger partial charge in [0.25, 0.3) is 0 Å². The second kappa shape index (κ2) is 4.23. The molecule has 0 aliphatic carbocycles. The standard InChI is InChI=1S/C11H12N2O2/c1-2-15-8-13-6-9(7-14)10-4-3-5-12-11(10)13/h3-7H,2,8H2,1H3. The largest absolute Gasteiger partial charge is 0.361 e. The van der Waals surface area contributed by atoms with E-state index in [4.69, 9.17) is 4.74 Å². The summed E-state index contributed by atoms with van der Waals surface area (Å²) in [5.41, 5.74) is 1.44. The fourth-order valence-corrected chi connectivity index (χ4v) is 1.53. The van der Waals surface area contributed by atoms with Gasteiger partial charge in [-0.1, -0.05) is 0 Å². The van der Waals surface area contributed by atoms with Crippen LogP contribution in [0.4, 0.5) is 0 Å². The number of rotatable bonds is 4. The van der Waals surface area contributed by atoms with Gasteiger partial charge in [-0.3, -0.25) is 4.79 Å². The molecule has 0 fully saturated rings. The first-order valence-corrected chi connectivity index (χ1v) is 4.83. The average Bonchev–Trinajstić information content (AvgIpc) is 2.65. The Morgan fingerprint density at radius 2 is 2.47 bits per heavy atom. The van der Waals surface area contributed by atoms with Gasteiger partial charge in [-0.05, 0) is 19.1 Å². The van der Waals surface area contributed by atoms with Crippen LogP contribution in [-0.4, -0.2) is 22.4 Å². The summed E-state index contributed by atoms with van der Waals surface area (Å²) in [5.74, 6) is 0. The van der Waals surface area contributed by atoms with E-state index in [1.165, 1.54) is 0 Å². The maximum absolute atomic E-state index is 10.8. The van der Waals surface area contributed by atoms with Crippen LogP contribution in [0.3, 0.4) is 0 Å². The van der Waals surface area contributed by atoms with Crippen molar-refractivity contribution in [1.82, 2.24) is 9.55 Å². The molecule has 4 heteroatoms. The number of carbonyl (C=O) groups excluding carboxylic acids is 1. The highest BCUT2D eigenvalue weighted by Crippen LogP contribution is 2.17. The molecule has 0 aliphatic rings. The molecule has 0 aliphatic heterocycles. The Morgan fingerprint density at radius 1 is 1.60 bits per heavy atom. The molecule has 0 N–H and O–H groups in total. The second-order valence-electron chi connectivity index (χ2n) is 3.17. The molecule has 0 saturated heterocycles. The zero-order valence-electron chi connectivity index (χ0n) is 8.51. The number of hydrogen-bond donors (Lipinski definition) is 0. The summed E-state index contributed by atoms with van der Waals surface area (Å²) in [6.07, 6.45) is 4.31. The van der Waals surface area contributed by atoms with E-state index in [0.717, 1.165) is 17.3 Å². The van der Waals surface area contributed by atoms with E-state index in [-0.39, 0.29) is 0 Å². The number of ether oxygens (including phenoxy) is 1. The third-order valence-electron chi connectivity index (χ3n) is 2.23. The van der Waals surface area contributed by atoms with E-state index >= 15 is 0 Å². The summed E-state index contributed by atoms with van der Waals surface area (Å²) >= 11 is 0. The van der Waals surface area contributed by atoms with Crippen LogP contribution < -0.4 is 0 Å². The van der Waals surface area contributed by atoms with Crippen molar-refractivity contribution in [2.24, 2.45) is 0 Å². The van der Waals surface area contributed by atoms with E-state index in [1.807, 2.05) is 23.6 Å². The minimum Gasteiger partial charge on any atom is -0.361 e. The quantitative estimate of drug-likeness (QED) is 0.714. The molecule has 2 heterocycles. The van der Waals surface area contributed by atoms with Gasteiger partial charge in [-0.2, -0.15) is 0 Å². The molecule has 0 bridgehead atoms. The Hall–Kier alpha value is -1.68. The van der Waals surface area contributed by atoms with Crippen molar-refractivity contribution in [2.75, 3.05) is 6.61 Å². The van der Waals surface area contributed by atoms with Crippen molar-refractivity contribution >= 4 is 17.3 Å². The molecule has 78 valence electrons. The van der Waals surface area contributed by atoms with Gasteiger partial charge in [-0.25, -0.2) is 4.98 Å². The molecule has 0 radical (unpaired) electrons. The van der Waals surface area contributed by atoms with Crippen LogP contribution in [-0.2, 0) is 11.5 Å². The van der Waals surface area contributed by atoms with Gasteiger partial charge >= 0.3 is 0 Å². The first-order chi connectivity index (χ1) is 7.36. The van der Waals surface area contributed by atoms with E-state index in [2.05, 4.69) is 4.98 Å². The van der Waals surface area contributed by atoms with Gasteiger partial charge < -0.3 is 9.30 Å². The Bertz CT molecular complexity index is 476. The number of aldehydes is 1. The lowest BCUT2D eigenvalue weighted by Gasteiger charge is -2.03. The van der Waals surface area contributed by atoms with Crippen LogP contribution in [0, 0.1) is 0 Å². The van der Waals surface area contributed by atoms with Gasteiger partial charge in [0.2, 0.25) is 0 Å². The average molecular weight is 204 g/mol. The highest BCUT2D eigenvalue weighted by Gasteiger charge is 2.07. The molecule has 4 nitrogen and oxygen atoms in total. The van der Waals surface area contributed by atoms with Gasteiger partial charge in [0.15, 0.2) is 6.29 Å². The fourth-order valence-electron chi connectivity index (χ4n) is 1.53. The summed E-state index contributed by atoms with van der Waals surface area (Å²) in [4.78, 5) is 15.1. The summed E-state index contributed by atoms with van der Waals surface area (Å²) in [6, 6.07) is 3.70. The third kappa shape index (κ3) is 1.76. The number of aromatic nitrogens is 2. The van der Waals surface area contributed by atoms with Crippen molar-refractivity contribution in [3.05, 3.63) is 30.1 Å². The maximum Gasteiger partial charge on any atom is 0.152 e. The third-order valence-corrected chi connectivity index (χ3v) is 2.23. The Morgan fingerprint density at radius 3 is 3.20 bits per heavy atom. The number of fused-ring (bicyclic) bond motifs is 1. The highest BCUT2D eigenvalue weighted by molar-refractivity contribution is 5.95. The van der Waals surface area contributed by atoms with Crippen molar-refractivity contribution in [3.8, 4) is 0 Å². The summed E-state index contributed by atoms with van der Waals surface area (Å²) in [7, 11) is 0. The first kappa shape index (κ1) is 9.86. The monoisotopic (exact) mass is 204 g/mol. The summed E-state index contributed by atoms with van der Waals surface area (Å²) in [5, 5.41) is 0.868. The molecule has 0 aromatic carbocycles. The van der Waals surface area contributed by atoms with Crippen molar-refractivity contribution in [3.63, 3.8) is 0 Å². The van der Waals surface area contributed by atoms with E-state index in [0.29, 0.717) is 18.9 Å². The lowest BCUT2D eigenvalue weighted by molar-refractivity contribution is 0.0904. The van der Waals surface area contributed by atoms with E-state index < -0.39 is 0 Å². The number of pyridine rings is 1. The van der Waals surface area contributed by atoms with Crippen molar-refractivity contribution in [2.45, 2.75) is 13.7 Å². The molecule has 15 heavy (non-hydrogen) atoms. The topological polar surface area (TPSA) is 44.1 Å². The number of carbonyl (C=O) groups is 1. The van der Waals surface area contributed by atoms with E-state index in [9.17, 15) is 4.79 Å². The SMILES string of the molecule is CCOCn1cc(C=O)c2cccnc21. The minimum atomic E-state index is 0.428. The van der Waals surface area contributed by atoms with Gasteiger partial charge in [0.05, 0.1) is 0 Å². The van der Waals surface area contributed by atoms with E-state index in [1.54, 1.807) is 12.4 Å². The fraction of sp³-hybridized carbons (Fsp3) is 0.273. The van der Waals surface area contributed by atoms with Crippen LogP contribution in [0.5, 0.6) is 0 Å². The molecule has 0 spiro atoms. The van der Waals surface area contributed by atoms with Crippen LogP contribution in [0.1, 0.15) is 17.3 Å². The molecule has 0 saturated carbocycles. The smallest absolute Gasteiger partial charge is 0.152 e. The maximum atomic E-state index is 10.8. The normalized spacial score (nSPS) is 10.7. The van der Waals surface area contributed by atoms with Crippen LogP contribution >= 0.6 is 0 Å². The first-order valence-electron chi connectivity index (χ1n) is 4.83. The molecule has 0 unspecified atom stereocenters. The predicted octanol–water partition coefficient (Wildman–Crippen LogP) is 1.84. The van der Waals surface area contributed by atoms with Gasteiger partial charge in [0, 0.05) is 30.0 Å². The molecule has 2 aromatic heterocycles. The molecular weight excluding hydrogens is 192 g/mol. The Labute approximate surface area is 87.5 Å². The summed E-state index contributed by atoms with van der Waals surface area (Å²) < 4.78 is 7.13. The van der Waals surface area contributed by atoms with Crippen molar-refractivity contribution < 1.29 is 9.53 Å². The number of hydrogen-bond acceptors (Lipinski definition) is 3. The zero-order chi connectivity index (χ0) is 10.7. The van der Waals surface area contributed by atoms with Gasteiger partial charge in [-0.15, -0.1) is 0 Å². The molecule has 2 aromatic rings. The van der Waals surface area contributed by atoms with Crippen LogP contribution in [0.25, 0.3) is 11.0 Å². The lowest BCUT2D eigenvalue weighted by atomic mass is 10.2.